The quantitative estimate of drug-likeness (QED) is 0.743. The molecule has 1 amide bonds. The molecule has 100 valence electrons. The van der Waals surface area contributed by atoms with Crippen molar-refractivity contribution < 1.29 is 9.53 Å². The van der Waals surface area contributed by atoms with Gasteiger partial charge in [-0.15, -0.1) is 10.2 Å². The van der Waals surface area contributed by atoms with Gasteiger partial charge in [-0.1, -0.05) is 15.9 Å². The first kappa shape index (κ1) is 13.3. The fourth-order valence-corrected chi connectivity index (χ4v) is 2.21. The number of nitrogens with zero attached hydrogens (tertiary/aromatic N) is 4. The SMILES string of the molecule is CC(C)(C)OC(=O)N1CCn2c(CBr)nnc2C1. The summed E-state index contributed by atoms with van der Waals surface area (Å²) in [6.45, 7) is 7.37. The van der Waals surface area contributed by atoms with Gasteiger partial charge in [-0.05, 0) is 20.8 Å². The fraction of sp³-hybridized carbons (Fsp3) is 0.727. The lowest BCUT2D eigenvalue weighted by Gasteiger charge is -2.30. The van der Waals surface area contributed by atoms with E-state index in [9.17, 15) is 4.79 Å². The molecule has 0 spiro atoms. The van der Waals surface area contributed by atoms with Crippen LogP contribution in [0.25, 0.3) is 0 Å². The van der Waals surface area contributed by atoms with E-state index in [2.05, 4.69) is 26.1 Å². The van der Waals surface area contributed by atoms with Crippen LogP contribution in [0.5, 0.6) is 0 Å². The summed E-state index contributed by atoms with van der Waals surface area (Å²) >= 11 is 3.37. The molecule has 2 rings (SSSR count). The highest BCUT2D eigenvalue weighted by molar-refractivity contribution is 9.08. The highest BCUT2D eigenvalue weighted by atomic mass is 79.9. The number of halogens is 1. The van der Waals surface area contributed by atoms with Crippen molar-refractivity contribution in [1.29, 1.82) is 0 Å². The van der Waals surface area contributed by atoms with Crippen LogP contribution in [0.3, 0.4) is 0 Å². The first-order valence-electron chi connectivity index (χ1n) is 5.85. The topological polar surface area (TPSA) is 60.2 Å². The molecule has 0 N–H and O–H groups in total. The number of ether oxygens (including phenoxy) is 1. The van der Waals surface area contributed by atoms with E-state index in [0.717, 1.165) is 11.6 Å². The molecule has 6 nitrogen and oxygen atoms in total. The number of amides is 1. The molecular weight excluding hydrogens is 300 g/mol. The van der Waals surface area contributed by atoms with Crippen LogP contribution < -0.4 is 0 Å². The zero-order valence-electron chi connectivity index (χ0n) is 10.8. The van der Waals surface area contributed by atoms with Crippen molar-refractivity contribution in [2.45, 2.75) is 44.8 Å². The van der Waals surface area contributed by atoms with Crippen LogP contribution >= 0.6 is 15.9 Å². The van der Waals surface area contributed by atoms with E-state index in [1.54, 1.807) is 4.90 Å². The fourth-order valence-electron chi connectivity index (χ4n) is 1.80. The Balaban J connectivity index is 2.06. The minimum atomic E-state index is -0.469. The van der Waals surface area contributed by atoms with Gasteiger partial charge in [0.15, 0.2) is 5.82 Å². The minimum absolute atomic E-state index is 0.294. The van der Waals surface area contributed by atoms with Gasteiger partial charge in [0.25, 0.3) is 0 Å². The second kappa shape index (κ2) is 4.87. The largest absolute Gasteiger partial charge is 0.444 e. The molecule has 0 aromatic carbocycles. The van der Waals surface area contributed by atoms with E-state index in [4.69, 9.17) is 4.74 Å². The van der Waals surface area contributed by atoms with Gasteiger partial charge in [0.05, 0.1) is 11.9 Å². The Kier molecular flexibility index (Phi) is 3.61. The summed E-state index contributed by atoms with van der Waals surface area (Å²) in [7, 11) is 0. The van der Waals surface area contributed by atoms with Gasteiger partial charge >= 0.3 is 6.09 Å². The van der Waals surface area contributed by atoms with Crippen LogP contribution in [0.4, 0.5) is 4.79 Å². The van der Waals surface area contributed by atoms with Crippen molar-refractivity contribution in [3.05, 3.63) is 11.6 Å². The zero-order valence-corrected chi connectivity index (χ0v) is 12.4. The van der Waals surface area contributed by atoms with E-state index in [1.807, 2.05) is 25.3 Å². The summed E-state index contributed by atoms with van der Waals surface area (Å²) < 4.78 is 7.38. The number of carbonyl (C=O) groups excluding carboxylic acids is 1. The van der Waals surface area contributed by atoms with Crippen LogP contribution in [-0.2, 0) is 23.2 Å². The average molecular weight is 317 g/mol. The molecule has 0 unspecified atom stereocenters. The van der Waals surface area contributed by atoms with E-state index in [-0.39, 0.29) is 6.09 Å². The first-order chi connectivity index (χ1) is 8.40. The number of rotatable bonds is 1. The maximum Gasteiger partial charge on any atom is 0.410 e. The van der Waals surface area contributed by atoms with Crippen LogP contribution in [0.1, 0.15) is 32.4 Å². The lowest BCUT2D eigenvalue weighted by atomic mass is 10.2. The van der Waals surface area contributed by atoms with Gasteiger partial charge in [-0.25, -0.2) is 4.79 Å². The molecule has 0 saturated heterocycles. The smallest absolute Gasteiger partial charge is 0.410 e. The predicted molar refractivity (Wildman–Crippen MR) is 69.3 cm³/mol. The number of carbonyl (C=O) groups is 1. The molecule has 7 heteroatoms. The van der Waals surface area contributed by atoms with E-state index in [0.29, 0.717) is 25.0 Å². The van der Waals surface area contributed by atoms with Crippen molar-refractivity contribution in [2.75, 3.05) is 6.54 Å². The Morgan fingerprint density at radius 1 is 1.39 bits per heavy atom. The molecule has 0 bridgehead atoms. The van der Waals surface area contributed by atoms with Crippen LogP contribution in [-0.4, -0.2) is 37.9 Å². The van der Waals surface area contributed by atoms with Crippen LogP contribution in [0, 0.1) is 0 Å². The Bertz CT molecular complexity index is 452. The molecule has 0 aliphatic carbocycles. The van der Waals surface area contributed by atoms with Gasteiger partial charge < -0.3 is 9.30 Å². The van der Waals surface area contributed by atoms with E-state index >= 15 is 0 Å². The van der Waals surface area contributed by atoms with Gasteiger partial charge in [0, 0.05) is 13.1 Å². The molecule has 0 saturated carbocycles. The van der Waals surface area contributed by atoms with Crippen LogP contribution in [0.2, 0.25) is 0 Å². The summed E-state index contributed by atoms with van der Waals surface area (Å²) in [4.78, 5) is 13.6. The number of aromatic nitrogens is 3. The highest BCUT2D eigenvalue weighted by Gasteiger charge is 2.27. The third-order valence-corrected chi connectivity index (χ3v) is 3.10. The summed E-state index contributed by atoms with van der Waals surface area (Å²) in [6, 6.07) is 0. The van der Waals surface area contributed by atoms with Crippen molar-refractivity contribution in [2.24, 2.45) is 0 Å². The van der Waals surface area contributed by atoms with Crippen molar-refractivity contribution in [3.8, 4) is 0 Å². The molecule has 0 atom stereocenters. The first-order valence-corrected chi connectivity index (χ1v) is 6.97. The zero-order chi connectivity index (χ0) is 13.3. The van der Waals surface area contributed by atoms with Crippen LogP contribution in [0.15, 0.2) is 0 Å². The third kappa shape index (κ3) is 2.82. The summed E-state index contributed by atoms with van der Waals surface area (Å²) in [5, 5.41) is 8.84. The van der Waals surface area contributed by atoms with Gasteiger partial charge in [-0.2, -0.15) is 0 Å². The predicted octanol–water partition coefficient (Wildman–Crippen LogP) is 1.92. The standard InChI is InChI=1S/C11H17BrN4O2/c1-11(2,3)18-10(17)15-4-5-16-8(6-12)13-14-9(16)7-15/h4-7H2,1-3H3. The Hall–Kier alpha value is -1.11. The van der Waals surface area contributed by atoms with Crippen molar-refractivity contribution >= 4 is 22.0 Å². The Labute approximate surface area is 114 Å². The Morgan fingerprint density at radius 2 is 2.11 bits per heavy atom. The number of hydrogen-bond acceptors (Lipinski definition) is 4. The van der Waals surface area contributed by atoms with Gasteiger partial charge in [0.1, 0.15) is 11.4 Å². The molecule has 18 heavy (non-hydrogen) atoms. The summed E-state index contributed by atoms with van der Waals surface area (Å²) in [6.07, 6.45) is -0.294. The number of hydrogen-bond donors (Lipinski definition) is 0. The lowest BCUT2D eigenvalue weighted by molar-refractivity contribution is 0.0194. The highest BCUT2D eigenvalue weighted by Crippen LogP contribution is 2.17. The molecule has 1 aliphatic heterocycles. The van der Waals surface area contributed by atoms with Crippen molar-refractivity contribution in [1.82, 2.24) is 19.7 Å². The summed E-state index contributed by atoms with van der Waals surface area (Å²) in [5.74, 6) is 1.70. The second-order valence-corrected chi connectivity index (χ2v) is 5.78. The van der Waals surface area contributed by atoms with Gasteiger partial charge in [-0.3, -0.25) is 4.90 Å². The molecule has 0 fully saturated rings. The molecule has 0 radical (unpaired) electrons. The molecule has 1 aromatic heterocycles. The second-order valence-electron chi connectivity index (χ2n) is 5.22. The molecule has 1 aliphatic rings. The Morgan fingerprint density at radius 3 is 2.72 bits per heavy atom. The maximum absolute atomic E-state index is 11.9. The lowest BCUT2D eigenvalue weighted by Crippen LogP contribution is -2.41. The average Bonchev–Trinajstić information content (AvgIpc) is 2.68. The summed E-state index contributed by atoms with van der Waals surface area (Å²) in [5.41, 5.74) is -0.469. The van der Waals surface area contributed by atoms with Crippen molar-refractivity contribution in [3.63, 3.8) is 0 Å². The van der Waals surface area contributed by atoms with E-state index < -0.39 is 5.60 Å². The molecular formula is C11H17BrN4O2. The normalized spacial score (nSPS) is 15.4. The van der Waals surface area contributed by atoms with Gasteiger partial charge in [0.2, 0.25) is 0 Å². The maximum atomic E-state index is 11.9. The molecule has 2 heterocycles. The number of fused-ring (bicyclic) bond motifs is 1. The minimum Gasteiger partial charge on any atom is -0.444 e. The number of alkyl halides is 1. The third-order valence-electron chi connectivity index (χ3n) is 2.60. The monoisotopic (exact) mass is 316 g/mol. The van der Waals surface area contributed by atoms with E-state index in [1.165, 1.54) is 0 Å². The molecule has 1 aromatic rings.